The van der Waals surface area contributed by atoms with Gasteiger partial charge in [0, 0.05) is 11.5 Å². The minimum atomic E-state index is -0.465. The lowest BCUT2D eigenvalue weighted by Crippen LogP contribution is -2.17. The van der Waals surface area contributed by atoms with Gasteiger partial charge in [-0.3, -0.25) is 4.79 Å². The third-order valence-electron chi connectivity index (χ3n) is 4.13. The first kappa shape index (κ1) is 13.9. The van der Waals surface area contributed by atoms with Crippen molar-refractivity contribution in [1.29, 1.82) is 0 Å². The molecule has 2 aromatic carbocycles. The van der Waals surface area contributed by atoms with Crippen LogP contribution in [0.25, 0.3) is 0 Å². The Labute approximate surface area is 122 Å². The largest absolute Gasteiger partial charge is 0.294 e. The Hall–Kier alpha value is -2.03. The van der Waals surface area contributed by atoms with E-state index in [0.29, 0.717) is 6.42 Å². The van der Waals surface area contributed by atoms with Crippen LogP contribution in [0.5, 0.6) is 0 Å². The van der Waals surface area contributed by atoms with Crippen molar-refractivity contribution in [3.05, 3.63) is 70.8 Å². The van der Waals surface area contributed by atoms with E-state index in [1.807, 2.05) is 24.3 Å². The van der Waals surface area contributed by atoms with Gasteiger partial charge in [-0.15, -0.1) is 0 Å². The molecule has 0 N–H and O–H groups in total. The van der Waals surface area contributed by atoms with Gasteiger partial charge in [-0.25, -0.2) is 8.78 Å². The fourth-order valence-electron chi connectivity index (χ4n) is 3.03. The summed E-state index contributed by atoms with van der Waals surface area (Å²) in [6.07, 6.45) is 2.73. The van der Waals surface area contributed by atoms with E-state index in [2.05, 4.69) is 0 Å². The van der Waals surface area contributed by atoms with E-state index in [1.165, 1.54) is 6.07 Å². The maximum atomic E-state index is 13.8. The van der Waals surface area contributed by atoms with Crippen molar-refractivity contribution in [3.63, 3.8) is 0 Å². The van der Waals surface area contributed by atoms with Gasteiger partial charge < -0.3 is 0 Å². The van der Waals surface area contributed by atoms with Crippen LogP contribution in [0.1, 0.15) is 34.3 Å². The standard InChI is InChI=1S/C18H16F2O/c19-15-8-9-17(20)14(11-15)10-13-6-3-5-12-4-1-2-7-16(12)18(13)21/h1-2,4,7-9,11,13H,3,5-6,10H2. The van der Waals surface area contributed by atoms with Crippen LogP contribution in [-0.2, 0) is 12.8 Å². The van der Waals surface area contributed by atoms with Gasteiger partial charge in [0.15, 0.2) is 5.78 Å². The molecule has 0 aliphatic heterocycles. The van der Waals surface area contributed by atoms with Crippen molar-refractivity contribution in [3.8, 4) is 0 Å². The van der Waals surface area contributed by atoms with Crippen LogP contribution in [0.15, 0.2) is 42.5 Å². The second-order valence-electron chi connectivity index (χ2n) is 5.55. The van der Waals surface area contributed by atoms with Gasteiger partial charge >= 0.3 is 0 Å². The number of rotatable bonds is 2. The molecule has 3 rings (SSSR count). The Kier molecular flexibility index (Phi) is 3.82. The monoisotopic (exact) mass is 286 g/mol. The molecular formula is C18H16F2O. The van der Waals surface area contributed by atoms with Gasteiger partial charge in [0.1, 0.15) is 11.6 Å². The minimum absolute atomic E-state index is 0.0479. The number of carbonyl (C=O) groups excluding carboxylic acids is 1. The number of aryl methyl sites for hydroxylation is 1. The number of benzene rings is 2. The number of halogens is 2. The average molecular weight is 286 g/mol. The van der Waals surface area contributed by atoms with Gasteiger partial charge in [0.25, 0.3) is 0 Å². The fraction of sp³-hybridized carbons (Fsp3) is 0.278. The van der Waals surface area contributed by atoms with Crippen LogP contribution in [0.2, 0.25) is 0 Å². The molecule has 0 spiro atoms. The second-order valence-corrected chi connectivity index (χ2v) is 5.55. The summed E-state index contributed by atoms with van der Waals surface area (Å²) >= 11 is 0. The highest BCUT2D eigenvalue weighted by Gasteiger charge is 2.26. The minimum Gasteiger partial charge on any atom is -0.294 e. The van der Waals surface area contributed by atoms with Gasteiger partial charge in [0.2, 0.25) is 0 Å². The summed E-state index contributed by atoms with van der Waals surface area (Å²) in [7, 11) is 0. The van der Waals surface area contributed by atoms with Gasteiger partial charge in [-0.1, -0.05) is 24.3 Å². The molecule has 0 saturated heterocycles. The first-order valence-corrected chi connectivity index (χ1v) is 7.21. The third-order valence-corrected chi connectivity index (χ3v) is 4.13. The molecule has 2 aromatic rings. The predicted octanol–water partition coefficient (Wildman–Crippen LogP) is 4.34. The van der Waals surface area contributed by atoms with E-state index < -0.39 is 11.6 Å². The maximum Gasteiger partial charge on any atom is 0.166 e. The predicted molar refractivity (Wildman–Crippen MR) is 77.3 cm³/mol. The van der Waals surface area contributed by atoms with Crippen LogP contribution in [0, 0.1) is 17.6 Å². The van der Waals surface area contributed by atoms with E-state index in [-0.39, 0.29) is 23.7 Å². The Morgan fingerprint density at radius 2 is 1.90 bits per heavy atom. The Balaban J connectivity index is 1.89. The number of hydrogen-bond acceptors (Lipinski definition) is 1. The van der Waals surface area contributed by atoms with Crippen LogP contribution in [0.3, 0.4) is 0 Å². The van der Waals surface area contributed by atoms with Crippen molar-refractivity contribution < 1.29 is 13.6 Å². The smallest absolute Gasteiger partial charge is 0.166 e. The van der Waals surface area contributed by atoms with Crippen molar-refractivity contribution in [1.82, 2.24) is 0 Å². The van der Waals surface area contributed by atoms with Crippen molar-refractivity contribution in [2.75, 3.05) is 0 Å². The zero-order valence-corrected chi connectivity index (χ0v) is 11.6. The SMILES string of the molecule is O=C1c2ccccc2CCCC1Cc1cc(F)ccc1F. The van der Waals surface area contributed by atoms with E-state index in [0.717, 1.165) is 36.1 Å². The quantitative estimate of drug-likeness (QED) is 0.750. The van der Waals surface area contributed by atoms with Crippen LogP contribution in [-0.4, -0.2) is 5.78 Å². The molecule has 0 bridgehead atoms. The Morgan fingerprint density at radius 3 is 2.76 bits per heavy atom. The average Bonchev–Trinajstić information content (AvgIpc) is 2.64. The number of carbonyl (C=O) groups is 1. The van der Waals surface area contributed by atoms with Crippen LogP contribution >= 0.6 is 0 Å². The summed E-state index contributed by atoms with van der Waals surface area (Å²) in [6, 6.07) is 11.0. The zero-order chi connectivity index (χ0) is 14.8. The molecule has 3 heteroatoms. The van der Waals surface area contributed by atoms with Gasteiger partial charge in [-0.05, 0) is 55.0 Å². The Morgan fingerprint density at radius 1 is 1.10 bits per heavy atom. The van der Waals surface area contributed by atoms with Crippen molar-refractivity contribution >= 4 is 5.78 Å². The van der Waals surface area contributed by atoms with Gasteiger partial charge in [-0.2, -0.15) is 0 Å². The lowest BCUT2D eigenvalue weighted by molar-refractivity contribution is 0.0914. The summed E-state index contributed by atoms with van der Waals surface area (Å²) < 4.78 is 27.0. The van der Waals surface area contributed by atoms with Crippen molar-refractivity contribution in [2.45, 2.75) is 25.7 Å². The normalized spacial score (nSPS) is 18.2. The second kappa shape index (κ2) is 5.76. The van der Waals surface area contributed by atoms with Crippen LogP contribution < -0.4 is 0 Å². The molecule has 0 radical (unpaired) electrons. The zero-order valence-electron chi connectivity index (χ0n) is 11.6. The van der Waals surface area contributed by atoms with E-state index in [4.69, 9.17) is 0 Å². The molecule has 1 nitrogen and oxygen atoms in total. The summed E-state index contributed by atoms with van der Waals surface area (Å²) in [5, 5.41) is 0. The summed E-state index contributed by atoms with van der Waals surface area (Å²) in [5.41, 5.74) is 2.08. The Bertz CT molecular complexity index is 679. The highest BCUT2D eigenvalue weighted by molar-refractivity contribution is 5.99. The fourth-order valence-corrected chi connectivity index (χ4v) is 3.03. The van der Waals surface area contributed by atoms with Gasteiger partial charge in [0.05, 0.1) is 0 Å². The molecule has 0 saturated carbocycles. The molecular weight excluding hydrogens is 270 g/mol. The maximum absolute atomic E-state index is 13.8. The molecule has 0 fully saturated rings. The number of hydrogen-bond donors (Lipinski definition) is 0. The summed E-state index contributed by atoms with van der Waals surface area (Å²) in [4.78, 5) is 12.6. The number of Topliss-reactive ketones (excluding diaryl/α,β-unsaturated/α-hetero) is 1. The van der Waals surface area contributed by atoms with Crippen molar-refractivity contribution in [2.24, 2.45) is 5.92 Å². The van der Waals surface area contributed by atoms with Crippen LogP contribution in [0.4, 0.5) is 8.78 Å². The first-order chi connectivity index (χ1) is 10.1. The number of ketones is 1. The summed E-state index contributed by atoms with van der Waals surface area (Å²) in [5.74, 6) is -1.13. The molecule has 108 valence electrons. The molecule has 1 unspecified atom stereocenters. The van der Waals surface area contributed by atoms with E-state index in [9.17, 15) is 13.6 Å². The highest BCUT2D eigenvalue weighted by Crippen LogP contribution is 2.28. The molecule has 0 aromatic heterocycles. The highest BCUT2D eigenvalue weighted by atomic mass is 19.1. The van der Waals surface area contributed by atoms with E-state index >= 15 is 0 Å². The summed E-state index contributed by atoms with van der Waals surface area (Å²) in [6.45, 7) is 0. The first-order valence-electron chi connectivity index (χ1n) is 7.21. The number of fused-ring (bicyclic) bond motifs is 1. The molecule has 1 aliphatic carbocycles. The lowest BCUT2D eigenvalue weighted by atomic mass is 9.89. The topological polar surface area (TPSA) is 17.1 Å². The molecule has 1 aliphatic rings. The molecule has 0 heterocycles. The molecule has 21 heavy (non-hydrogen) atoms. The lowest BCUT2D eigenvalue weighted by Gasteiger charge is -2.14. The molecule has 0 amide bonds. The van der Waals surface area contributed by atoms with E-state index in [1.54, 1.807) is 0 Å². The third kappa shape index (κ3) is 2.87. The molecule has 1 atom stereocenters.